The van der Waals surface area contributed by atoms with Gasteiger partial charge in [0.05, 0.1) is 19.5 Å². The van der Waals surface area contributed by atoms with E-state index in [0.717, 1.165) is 5.56 Å². The second kappa shape index (κ2) is 20.0. The molecule has 2 amide bonds. The number of carbonyl (C=O) groups is 5. The average Bonchev–Trinajstić information content (AvgIpc) is 2.93. The number of ether oxygens (including phenoxy) is 5. The molecule has 0 aliphatic carbocycles. The van der Waals surface area contributed by atoms with E-state index in [-0.39, 0.29) is 68.8 Å². The van der Waals surface area contributed by atoms with Gasteiger partial charge in [0, 0.05) is 22.7 Å². The summed E-state index contributed by atoms with van der Waals surface area (Å²) in [6, 6.07) is 9.28. The van der Waals surface area contributed by atoms with Crippen LogP contribution in [0, 0.1) is 0 Å². The fourth-order valence-corrected chi connectivity index (χ4v) is 3.45. The molecule has 0 aromatic heterocycles. The Morgan fingerprint density at radius 3 is 1.98 bits per heavy atom. The normalized spacial score (nSPS) is 10.8. The second-order valence-electron chi connectivity index (χ2n) is 8.28. The van der Waals surface area contributed by atoms with Crippen molar-refractivity contribution < 1.29 is 47.7 Å². The number of thioether (sulfide) groups is 1. The molecule has 0 spiro atoms. The Balaban J connectivity index is 2.44. The van der Waals surface area contributed by atoms with Gasteiger partial charge in [0.15, 0.2) is 0 Å². The van der Waals surface area contributed by atoms with E-state index in [1.54, 1.807) is 0 Å². The lowest BCUT2D eigenvalue weighted by Crippen LogP contribution is -2.37. The molecule has 0 fully saturated rings. The Kier molecular flexibility index (Phi) is 17.0. The molecule has 0 heterocycles. The number of hydrogen-bond donors (Lipinski definition) is 2. The van der Waals surface area contributed by atoms with Crippen molar-refractivity contribution >= 4 is 41.9 Å². The van der Waals surface area contributed by atoms with Crippen LogP contribution in [0.5, 0.6) is 0 Å². The van der Waals surface area contributed by atoms with Gasteiger partial charge in [-0.25, -0.2) is 19.2 Å². The fourth-order valence-electron chi connectivity index (χ4n) is 2.55. The molecule has 1 unspecified atom stereocenters. The summed E-state index contributed by atoms with van der Waals surface area (Å²) in [6.07, 6.45) is -2.33. The molecule has 40 heavy (non-hydrogen) atoms. The van der Waals surface area contributed by atoms with E-state index in [9.17, 15) is 24.0 Å². The average molecular weight is 581 g/mol. The Morgan fingerprint density at radius 2 is 1.40 bits per heavy atom. The van der Waals surface area contributed by atoms with Gasteiger partial charge < -0.3 is 34.3 Å². The van der Waals surface area contributed by atoms with Crippen LogP contribution in [0.2, 0.25) is 0 Å². The third kappa shape index (κ3) is 16.8. The van der Waals surface area contributed by atoms with Crippen molar-refractivity contribution in [3.05, 3.63) is 60.2 Å². The molecular weight excluding hydrogens is 544 g/mol. The summed E-state index contributed by atoms with van der Waals surface area (Å²) in [5.74, 6) is -0.941. The highest BCUT2D eigenvalue weighted by molar-refractivity contribution is 7.99. The third-order valence-electron chi connectivity index (χ3n) is 4.58. The molecule has 0 saturated carbocycles. The molecule has 1 aromatic carbocycles. The zero-order valence-electron chi connectivity index (χ0n) is 22.7. The molecule has 2 N–H and O–H groups in total. The lowest BCUT2D eigenvalue weighted by Gasteiger charge is -2.18. The van der Waals surface area contributed by atoms with Gasteiger partial charge in [0.25, 0.3) is 0 Å². The molecular formula is C27H36N2O10S. The summed E-state index contributed by atoms with van der Waals surface area (Å²) in [5.41, 5.74) is 1.34. The van der Waals surface area contributed by atoms with Crippen LogP contribution < -0.4 is 10.6 Å². The van der Waals surface area contributed by atoms with Crippen LogP contribution in [0.1, 0.15) is 25.8 Å². The van der Waals surface area contributed by atoms with Gasteiger partial charge in [0.2, 0.25) is 0 Å². The van der Waals surface area contributed by atoms with Crippen LogP contribution in [0.25, 0.3) is 0 Å². The number of benzene rings is 1. The molecule has 13 heteroatoms. The predicted octanol–water partition coefficient (Wildman–Crippen LogP) is 2.91. The van der Waals surface area contributed by atoms with Gasteiger partial charge in [-0.1, -0.05) is 43.5 Å². The maximum Gasteiger partial charge on any atom is 0.407 e. The van der Waals surface area contributed by atoms with Gasteiger partial charge in [-0.05, 0) is 19.4 Å². The van der Waals surface area contributed by atoms with E-state index in [4.69, 9.17) is 23.7 Å². The number of rotatable bonds is 18. The first kappa shape index (κ1) is 34.0. The summed E-state index contributed by atoms with van der Waals surface area (Å²) in [4.78, 5) is 58.9. The summed E-state index contributed by atoms with van der Waals surface area (Å²) in [6.45, 7) is 9.66. The number of amides is 2. The largest absolute Gasteiger partial charge is 0.461 e. The zero-order valence-corrected chi connectivity index (χ0v) is 23.5. The van der Waals surface area contributed by atoms with E-state index in [0.29, 0.717) is 5.75 Å². The quantitative estimate of drug-likeness (QED) is 0.114. The molecule has 12 nitrogen and oxygen atoms in total. The minimum atomic E-state index is -0.852. The van der Waals surface area contributed by atoms with Crippen LogP contribution in [0.4, 0.5) is 9.59 Å². The smallest absolute Gasteiger partial charge is 0.407 e. The Morgan fingerprint density at radius 1 is 0.825 bits per heavy atom. The molecule has 220 valence electrons. The van der Waals surface area contributed by atoms with Crippen LogP contribution in [-0.2, 0) is 44.7 Å². The molecule has 0 aliphatic heterocycles. The van der Waals surface area contributed by atoms with Crippen molar-refractivity contribution in [1.82, 2.24) is 10.6 Å². The van der Waals surface area contributed by atoms with Gasteiger partial charge >= 0.3 is 30.1 Å². The fraction of sp³-hybridized carbons (Fsp3) is 0.444. The molecule has 1 aromatic rings. The number of nitrogens with one attached hydrogen (secondary N) is 2. The van der Waals surface area contributed by atoms with Crippen LogP contribution in [-0.4, -0.2) is 80.6 Å². The Bertz CT molecular complexity index is 1020. The summed E-state index contributed by atoms with van der Waals surface area (Å²) < 4.78 is 25.4. The lowest BCUT2D eigenvalue weighted by atomic mass is 10.2. The van der Waals surface area contributed by atoms with Gasteiger partial charge in [-0.3, -0.25) is 4.79 Å². The van der Waals surface area contributed by atoms with Crippen molar-refractivity contribution in [2.24, 2.45) is 0 Å². The molecule has 0 saturated heterocycles. The number of hydrogen-bond acceptors (Lipinski definition) is 11. The summed E-state index contributed by atoms with van der Waals surface area (Å²) in [5, 5.41) is 4.84. The molecule has 0 radical (unpaired) electrons. The lowest BCUT2D eigenvalue weighted by molar-refractivity contribution is -0.144. The van der Waals surface area contributed by atoms with E-state index >= 15 is 0 Å². The minimum absolute atomic E-state index is 0.00474. The van der Waals surface area contributed by atoms with Crippen molar-refractivity contribution in [2.45, 2.75) is 33.0 Å². The Labute approximate surface area is 237 Å². The standard InChI is InChI=1S/C27H36N2O10S/c1-19(2)24(31)35-13-11-28-26(33)38-17-22(39-27(34)29-12-14-36-25(32)20(3)4)18-40-15-10-23(30)37-16-21-8-6-5-7-9-21/h5-9,22H,1,3,10-18H2,2,4H3,(H,28,33)(H,29,34). The molecule has 1 atom stereocenters. The number of alkyl carbamates (subject to hydrolysis) is 2. The van der Waals surface area contributed by atoms with Crippen LogP contribution >= 0.6 is 11.8 Å². The van der Waals surface area contributed by atoms with Crippen molar-refractivity contribution in [2.75, 3.05) is 44.4 Å². The number of esters is 3. The minimum Gasteiger partial charge on any atom is -0.461 e. The predicted molar refractivity (Wildman–Crippen MR) is 147 cm³/mol. The van der Waals surface area contributed by atoms with E-state index in [1.165, 1.54) is 25.6 Å². The van der Waals surface area contributed by atoms with Gasteiger partial charge in [0.1, 0.15) is 32.5 Å². The highest BCUT2D eigenvalue weighted by atomic mass is 32.2. The monoisotopic (exact) mass is 580 g/mol. The maximum atomic E-state index is 12.2. The van der Waals surface area contributed by atoms with E-state index < -0.39 is 30.2 Å². The van der Waals surface area contributed by atoms with Crippen molar-refractivity contribution in [1.29, 1.82) is 0 Å². The Hall–Kier alpha value is -4.00. The van der Waals surface area contributed by atoms with E-state index in [1.807, 2.05) is 30.3 Å². The number of carbonyl (C=O) groups excluding carboxylic acids is 5. The SMILES string of the molecule is C=C(C)C(=O)OCCNC(=O)OCC(CSCCC(=O)OCc1ccccc1)OC(=O)NCCOC(=O)C(=C)C. The first-order valence-corrected chi connectivity index (χ1v) is 13.5. The highest BCUT2D eigenvalue weighted by Gasteiger charge is 2.18. The first-order valence-electron chi connectivity index (χ1n) is 12.4. The van der Waals surface area contributed by atoms with Crippen LogP contribution in [0.15, 0.2) is 54.6 Å². The van der Waals surface area contributed by atoms with E-state index in [2.05, 4.69) is 23.8 Å². The van der Waals surface area contributed by atoms with Gasteiger partial charge in [-0.15, -0.1) is 0 Å². The third-order valence-corrected chi connectivity index (χ3v) is 5.68. The topological polar surface area (TPSA) is 156 Å². The summed E-state index contributed by atoms with van der Waals surface area (Å²) in [7, 11) is 0. The van der Waals surface area contributed by atoms with Crippen molar-refractivity contribution in [3.63, 3.8) is 0 Å². The first-order chi connectivity index (χ1) is 19.1. The van der Waals surface area contributed by atoms with Crippen LogP contribution in [0.3, 0.4) is 0 Å². The maximum absolute atomic E-state index is 12.2. The highest BCUT2D eigenvalue weighted by Crippen LogP contribution is 2.10. The molecule has 1 rings (SSSR count). The molecule has 0 aliphatic rings. The zero-order chi connectivity index (χ0) is 29.8. The second-order valence-corrected chi connectivity index (χ2v) is 9.43. The summed E-state index contributed by atoms with van der Waals surface area (Å²) >= 11 is 1.31. The van der Waals surface area contributed by atoms with Gasteiger partial charge in [-0.2, -0.15) is 11.8 Å². The molecule has 0 bridgehead atoms. The van der Waals surface area contributed by atoms with Crippen molar-refractivity contribution in [3.8, 4) is 0 Å².